The van der Waals surface area contributed by atoms with E-state index in [1.807, 2.05) is 24.3 Å². The molecule has 0 amide bonds. The van der Waals surface area contributed by atoms with Crippen LogP contribution in [-0.4, -0.2) is 66.0 Å². The zero-order valence-corrected chi connectivity index (χ0v) is 17.0. The Labute approximate surface area is 170 Å². The molecule has 0 bridgehead atoms. The smallest absolute Gasteiger partial charge is 0.129 e. The standard InChI is InChI=1S/C22H26N6O/c1-14-13-28(9-8-27(14)3)22-7-6-19-20(26-22)5-4-18(25-19)16-10-15(12-24-2)17(23)11-21(16)29/h4-7,10-12,14,29H,8-9,13,23H2,1-3H3. The van der Waals surface area contributed by atoms with Crippen molar-refractivity contribution in [3.8, 4) is 17.0 Å². The van der Waals surface area contributed by atoms with Crippen molar-refractivity contribution in [3.63, 3.8) is 0 Å². The number of fused-ring (bicyclic) bond motifs is 1. The van der Waals surface area contributed by atoms with Gasteiger partial charge in [0.1, 0.15) is 11.6 Å². The van der Waals surface area contributed by atoms with Crippen molar-refractivity contribution < 1.29 is 5.11 Å². The molecule has 1 aromatic carbocycles. The summed E-state index contributed by atoms with van der Waals surface area (Å²) in [5.74, 6) is 1.07. The number of phenolic OH excluding ortho intramolecular Hbond substituents is 1. The molecule has 2 aromatic heterocycles. The van der Waals surface area contributed by atoms with Crippen molar-refractivity contribution in [2.24, 2.45) is 4.99 Å². The Kier molecular flexibility index (Phi) is 5.07. The molecule has 3 aromatic rings. The summed E-state index contributed by atoms with van der Waals surface area (Å²) < 4.78 is 0. The van der Waals surface area contributed by atoms with E-state index in [2.05, 4.69) is 28.8 Å². The summed E-state index contributed by atoms with van der Waals surface area (Å²) in [6, 6.07) is 11.7. The maximum atomic E-state index is 10.4. The van der Waals surface area contributed by atoms with Gasteiger partial charge in [0, 0.05) is 61.8 Å². The van der Waals surface area contributed by atoms with Gasteiger partial charge in [0.05, 0.1) is 16.7 Å². The van der Waals surface area contributed by atoms with E-state index >= 15 is 0 Å². The third-order valence-electron chi connectivity index (χ3n) is 5.56. The van der Waals surface area contributed by atoms with Gasteiger partial charge in [-0.3, -0.25) is 4.99 Å². The number of hydrogen-bond acceptors (Lipinski definition) is 7. The average molecular weight is 390 g/mol. The first-order valence-electron chi connectivity index (χ1n) is 9.74. The molecule has 1 aliphatic heterocycles. The zero-order chi connectivity index (χ0) is 20.5. The van der Waals surface area contributed by atoms with E-state index in [9.17, 15) is 5.11 Å². The number of hydrogen-bond donors (Lipinski definition) is 2. The van der Waals surface area contributed by atoms with Crippen LogP contribution in [0.5, 0.6) is 5.75 Å². The van der Waals surface area contributed by atoms with Crippen LogP contribution in [0.25, 0.3) is 22.3 Å². The van der Waals surface area contributed by atoms with Crippen molar-refractivity contribution in [2.45, 2.75) is 13.0 Å². The fourth-order valence-corrected chi connectivity index (χ4v) is 3.66. The maximum absolute atomic E-state index is 10.4. The third-order valence-corrected chi connectivity index (χ3v) is 5.56. The molecule has 1 atom stereocenters. The van der Waals surface area contributed by atoms with Crippen molar-refractivity contribution in [1.82, 2.24) is 14.9 Å². The van der Waals surface area contributed by atoms with Gasteiger partial charge in [-0.05, 0) is 44.3 Å². The lowest BCUT2D eigenvalue weighted by Crippen LogP contribution is -2.50. The fraction of sp³-hybridized carbons (Fsp3) is 0.318. The molecule has 0 spiro atoms. The Morgan fingerprint density at radius 2 is 1.90 bits per heavy atom. The summed E-state index contributed by atoms with van der Waals surface area (Å²) in [6.07, 6.45) is 1.67. The molecule has 1 aliphatic rings. The summed E-state index contributed by atoms with van der Waals surface area (Å²) in [7, 11) is 3.84. The number of anilines is 2. The second-order valence-electron chi connectivity index (χ2n) is 7.57. The minimum Gasteiger partial charge on any atom is -0.507 e. The van der Waals surface area contributed by atoms with E-state index < -0.39 is 0 Å². The van der Waals surface area contributed by atoms with E-state index in [0.717, 1.165) is 42.0 Å². The molecular weight excluding hydrogens is 364 g/mol. The van der Waals surface area contributed by atoms with Crippen LogP contribution >= 0.6 is 0 Å². The van der Waals surface area contributed by atoms with Crippen LogP contribution in [0.3, 0.4) is 0 Å². The molecule has 1 unspecified atom stereocenters. The zero-order valence-electron chi connectivity index (χ0n) is 17.0. The highest BCUT2D eigenvalue weighted by Crippen LogP contribution is 2.32. The fourth-order valence-electron chi connectivity index (χ4n) is 3.66. The lowest BCUT2D eigenvalue weighted by atomic mass is 10.0. The quantitative estimate of drug-likeness (QED) is 0.528. The molecule has 1 fully saturated rings. The summed E-state index contributed by atoms with van der Waals surface area (Å²) in [6.45, 7) is 5.18. The van der Waals surface area contributed by atoms with Gasteiger partial charge in [-0.1, -0.05) is 0 Å². The molecule has 3 N–H and O–H groups in total. The van der Waals surface area contributed by atoms with E-state index in [1.54, 1.807) is 19.3 Å². The molecular formula is C22H26N6O. The van der Waals surface area contributed by atoms with Gasteiger partial charge in [0.2, 0.25) is 0 Å². The largest absolute Gasteiger partial charge is 0.507 e. The Morgan fingerprint density at radius 1 is 1.14 bits per heavy atom. The highest BCUT2D eigenvalue weighted by Gasteiger charge is 2.21. The number of aromatic nitrogens is 2. The normalized spacial score (nSPS) is 18.0. The van der Waals surface area contributed by atoms with Crippen LogP contribution in [-0.2, 0) is 0 Å². The van der Waals surface area contributed by atoms with E-state index in [1.165, 1.54) is 6.07 Å². The Bertz CT molecular complexity index is 1080. The number of pyridine rings is 2. The predicted octanol–water partition coefficient (Wildman–Crippen LogP) is 2.77. The second kappa shape index (κ2) is 7.67. The molecule has 3 heterocycles. The van der Waals surface area contributed by atoms with E-state index in [4.69, 9.17) is 15.7 Å². The van der Waals surface area contributed by atoms with Crippen LogP contribution in [0.1, 0.15) is 12.5 Å². The minimum absolute atomic E-state index is 0.0959. The number of piperazine rings is 1. The minimum atomic E-state index is 0.0959. The number of nitrogens with two attached hydrogens (primary N) is 1. The SMILES string of the molecule is CN=Cc1cc(-c2ccc3nc(N4CCN(C)C(C)C4)ccc3n2)c(O)cc1N. The number of aromatic hydroxyl groups is 1. The van der Waals surface area contributed by atoms with Crippen LogP contribution in [0.15, 0.2) is 41.4 Å². The number of aliphatic imine (C=N–C) groups is 1. The summed E-state index contributed by atoms with van der Waals surface area (Å²) in [4.78, 5) is 18.2. The molecule has 0 saturated carbocycles. The highest BCUT2D eigenvalue weighted by molar-refractivity contribution is 5.91. The molecule has 0 aliphatic carbocycles. The van der Waals surface area contributed by atoms with Crippen LogP contribution in [0, 0.1) is 0 Å². The number of phenols is 1. The summed E-state index contributed by atoms with van der Waals surface area (Å²) >= 11 is 0. The Morgan fingerprint density at radius 3 is 2.66 bits per heavy atom. The van der Waals surface area contributed by atoms with Gasteiger partial charge in [-0.2, -0.15) is 0 Å². The van der Waals surface area contributed by atoms with Gasteiger partial charge in [0.15, 0.2) is 0 Å². The first-order valence-corrected chi connectivity index (χ1v) is 9.74. The molecule has 7 nitrogen and oxygen atoms in total. The van der Waals surface area contributed by atoms with E-state index in [-0.39, 0.29) is 5.75 Å². The van der Waals surface area contributed by atoms with Crippen molar-refractivity contribution >= 4 is 28.8 Å². The average Bonchev–Trinajstić information content (AvgIpc) is 2.71. The van der Waals surface area contributed by atoms with Gasteiger partial charge < -0.3 is 20.6 Å². The van der Waals surface area contributed by atoms with E-state index in [0.29, 0.717) is 23.0 Å². The number of nitrogens with zero attached hydrogens (tertiary/aromatic N) is 5. The molecule has 0 radical (unpaired) electrons. The molecule has 150 valence electrons. The molecule has 7 heteroatoms. The number of rotatable bonds is 3. The monoisotopic (exact) mass is 390 g/mol. The Hall–Kier alpha value is -3.19. The molecule has 29 heavy (non-hydrogen) atoms. The topological polar surface area (TPSA) is 90.9 Å². The second-order valence-corrected chi connectivity index (χ2v) is 7.57. The number of benzene rings is 1. The molecule has 4 rings (SSSR count). The summed E-state index contributed by atoms with van der Waals surface area (Å²) in [5, 5.41) is 10.4. The first-order chi connectivity index (χ1) is 14.0. The number of likely N-dealkylation sites (N-methyl/N-ethyl adjacent to an activating group) is 1. The van der Waals surface area contributed by atoms with Crippen molar-refractivity contribution in [3.05, 3.63) is 42.0 Å². The van der Waals surface area contributed by atoms with Gasteiger partial charge in [0.25, 0.3) is 0 Å². The van der Waals surface area contributed by atoms with Gasteiger partial charge in [-0.15, -0.1) is 0 Å². The van der Waals surface area contributed by atoms with Crippen molar-refractivity contribution in [1.29, 1.82) is 0 Å². The lowest BCUT2D eigenvalue weighted by Gasteiger charge is -2.38. The predicted molar refractivity (Wildman–Crippen MR) is 119 cm³/mol. The lowest BCUT2D eigenvalue weighted by molar-refractivity contribution is 0.233. The van der Waals surface area contributed by atoms with Crippen LogP contribution in [0.4, 0.5) is 11.5 Å². The van der Waals surface area contributed by atoms with Crippen LogP contribution in [0.2, 0.25) is 0 Å². The maximum Gasteiger partial charge on any atom is 0.129 e. The Balaban J connectivity index is 1.68. The van der Waals surface area contributed by atoms with Gasteiger partial charge >= 0.3 is 0 Å². The van der Waals surface area contributed by atoms with Gasteiger partial charge in [-0.25, -0.2) is 9.97 Å². The first kappa shape index (κ1) is 19.1. The van der Waals surface area contributed by atoms with Crippen molar-refractivity contribution in [2.75, 3.05) is 44.4 Å². The molecule has 1 saturated heterocycles. The highest BCUT2D eigenvalue weighted by atomic mass is 16.3. The van der Waals surface area contributed by atoms with Crippen LogP contribution < -0.4 is 10.6 Å². The third kappa shape index (κ3) is 3.73. The number of nitrogen functional groups attached to an aromatic ring is 1. The summed E-state index contributed by atoms with van der Waals surface area (Å²) in [5.41, 5.74) is 10.1.